The highest BCUT2D eigenvalue weighted by atomic mass is 16.2. The van der Waals surface area contributed by atoms with Crippen LogP contribution in [-0.2, 0) is 4.79 Å². The molecule has 2 amide bonds. The molecule has 0 saturated carbocycles. The predicted octanol–water partition coefficient (Wildman–Crippen LogP) is 2.50. The molecule has 25 heavy (non-hydrogen) atoms. The number of benzene rings is 1. The molecule has 0 aromatic heterocycles. The van der Waals surface area contributed by atoms with E-state index in [0.717, 1.165) is 18.5 Å². The summed E-state index contributed by atoms with van der Waals surface area (Å²) >= 11 is 0. The Hall–Kier alpha value is -1.88. The molecule has 1 aliphatic heterocycles. The van der Waals surface area contributed by atoms with Gasteiger partial charge >= 0.3 is 0 Å². The van der Waals surface area contributed by atoms with Gasteiger partial charge in [-0.05, 0) is 51.3 Å². The molecule has 2 N–H and O–H groups in total. The first-order valence-electron chi connectivity index (χ1n) is 9.42. The second-order valence-corrected chi connectivity index (χ2v) is 6.91. The van der Waals surface area contributed by atoms with Crippen molar-refractivity contribution in [2.24, 2.45) is 0 Å². The van der Waals surface area contributed by atoms with Crippen LogP contribution in [0.15, 0.2) is 24.3 Å². The third-order valence-corrected chi connectivity index (χ3v) is 4.91. The number of piperidine rings is 1. The fraction of sp³-hybridized carbons (Fsp3) is 0.600. The Bertz CT molecular complexity index is 574. The largest absolute Gasteiger partial charge is 0.356 e. The van der Waals surface area contributed by atoms with E-state index in [1.165, 1.54) is 25.8 Å². The number of nitrogens with zero attached hydrogens (tertiary/aromatic N) is 1. The minimum atomic E-state index is -0.120. The Labute approximate surface area is 151 Å². The molecule has 1 aromatic carbocycles. The van der Waals surface area contributed by atoms with Gasteiger partial charge in [-0.25, -0.2) is 0 Å². The fourth-order valence-corrected chi connectivity index (χ4v) is 3.30. The fourth-order valence-electron chi connectivity index (χ4n) is 3.30. The normalized spacial score (nSPS) is 17.9. The zero-order valence-corrected chi connectivity index (χ0v) is 15.5. The summed E-state index contributed by atoms with van der Waals surface area (Å²) in [6, 6.07) is 8.13. The molecule has 1 aromatic rings. The first-order chi connectivity index (χ1) is 12.1. The molecule has 1 unspecified atom stereocenters. The first kappa shape index (κ1) is 19.4. The highest BCUT2D eigenvalue weighted by Gasteiger charge is 2.17. The zero-order valence-electron chi connectivity index (χ0n) is 15.5. The summed E-state index contributed by atoms with van der Waals surface area (Å²) in [6.45, 7) is 7.49. The summed E-state index contributed by atoms with van der Waals surface area (Å²) in [5.41, 5.74) is 1.61. The van der Waals surface area contributed by atoms with E-state index in [1.54, 1.807) is 6.07 Å². The molecule has 0 spiro atoms. The van der Waals surface area contributed by atoms with Gasteiger partial charge in [0.25, 0.3) is 5.91 Å². The molecule has 138 valence electrons. The van der Waals surface area contributed by atoms with E-state index in [2.05, 4.69) is 22.5 Å². The highest BCUT2D eigenvalue weighted by molar-refractivity contribution is 5.95. The molecule has 1 atom stereocenters. The molecule has 0 radical (unpaired) electrons. The van der Waals surface area contributed by atoms with Gasteiger partial charge in [-0.2, -0.15) is 0 Å². The van der Waals surface area contributed by atoms with Crippen molar-refractivity contribution in [3.8, 4) is 0 Å². The second-order valence-electron chi connectivity index (χ2n) is 6.91. The molecule has 1 saturated heterocycles. The molecular weight excluding hydrogens is 314 g/mol. The second kappa shape index (κ2) is 10.2. The zero-order chi connectivity index (χ0) is 18.1. The van der Waals surface area contributed by atoms with E-state index in [1.807, 2.05) is 25.1 Å². The average molecular weight is 345 g/mol. The molecule has 0 bridgehead atoms. The van der Waals surface area contributed by atoms with Crippen LogP contribution in [0.2, 0.25) is 0 Å². The maximum absolute atomic E-state index is 12.1. The standard InChI is InChI=1S/C20H31N3O2/c1-16-8-3-4-10-18(16)20(25)22-13-11-19(24)21-12-7-15-23-14-6-5-9-17(23)2/h3-4,8,10,17H,5-7,9,11-15H2,1-2H3,(H,21,24)(H,22,25). The maximum Gasteiger partial charge on any atom is 0.251 e. The van der Waals surface area contributed by atoms with Crippen molar-refractivity contribution in [1.82, 2.24) is 15.5 Å². The van der Waals surface area contributed by atoms with E-state index in [9.17, 15) is 9.59 Å². The van der Waals surface area contributed by atoms with Gasteiger partial charge in [0.1, 0.15) is 0 Å². The minimum Gasteiger partial charge on any atom is -0.356 e. The predicted molar refractivity (Wildman–Crippen MR) is 101 cm³/mol. The van der Waals surface area contributed by atoms with Crippen LogP contribution in [0.5, 0.6) is 0 Å². The summed E-state index contributed by atoms with van der Waals surface area (Å²) < 4.78 is 0. The van der Waals surface area contributed by atoms with Crippen molar-refractivity contribution in [2.75, 3.05) is 26.2 Å². The van der Waals surface area contributed by atoms with Gasteiger partial charge in [-0.15, -0.1) is 0 Å². The Morgan fingerprint density at radius 1 is 1.16 bits per heavy atom. The Balaban J connectivity index is 1.56. The van der Waals surface area contributed by atoms with E-state index >= 15 is 0 Å². The number of carbonyl (C=O) groups excluding carboxylic acids is 2. The average Bonchev–Trinajstić information content (AvgIpc) is 2.60. The monoisotopic (exact) mass is 345 g/mol. The maximum atomic E-state index is 12.1. The molecule has 0 aliphatic carbocycles. The van der Waals surface area contributed by atoms with Crippen molar-refractivity contribution in [2.45, 2.75) is 52.0 Å². The van der Waals surface area contributed by atoms with E-state index < -0.39 is 0 Å². The molecule has 5 heteroatoms. The number of likely N-dealkylation sites (tertiary alicyclic amines) is 1. The summed E-state index contributed by atoms with van der Waals surface area (Å²) in [5.74, 6) is -0.123. The Morgan fingerprint density at radius 3 is 2.72 bits per heavy atom. The molecule has 1 fully saturated rings. The van der Waals surface area contributed by atoms with Crippen molar-refractivity contribution >= 4 is 11.8 Å². The lowest BCUT2D eigenvalue weighted by Crippen LogP contribution is -2.39. The van der Waals surface area contributed by atoms with Crippen LogP contribution < -0.4 is 10.6 Å². The number of hydrogen-bond donors (Lipinski definition) is 2. The molecule has 1 aliphatic rings. The van der Waals surface area contributed by atoms with Gasteiger partial charge in [0.05, 0.1) is 0 Å². The van der Waals surface area contributed by atoms with Crippen molar-refractivity contribution < 1.29 is 9.59 Å². The van der Waals surface area contributed by atoms with Crippen LogP contribution in [0.1, 0.15) is 54.9 Å². The summed E-state index contributed by atoms with van der Waals surface area (Å²) in [5, 5.41) is 5.76. The van der Waals surface area contributed by atoms with Gasteiger partial charge < -0.3 is 15.5 Å². The van der Waals surface area contributed by atoms with Crippen molar-refractivity contribution in [1.29, 1.82) is 0 Å². The number of nitrogens with one attached hydrogen (secondary N) is 2. The van der Waals surface area contributed by atoms with Crippen LogP contribution in [-0.4, -0.2) is 48.9 Å². The lowest BCUT2D eigenvalue weighted by molar-refractivity contribution is -0.120. The van der Waals surface area contributed by atoms with E-state index in [-0.39, 0.29) is 11.8 Å². The molecule has 5 nitrogen and oxygen atoms in total. The number of amides is 2. The quantitative estimate of drug-likeness (QED) is 0.712. The number of carbonyl (C=O) groups is 2. The van der Waals surface area contributed by atoms with Crippen LogP contribution >= 0.6 is 0 Å². The first-order valence-corrected chi connectivity index (χ1v) is 9.42. The van der Waals surface area contributed by atoms with Crippen LogP contribution in [0.3, 0.4) is 0 Å². The SMILES string of the molecule is Cc1ccccc1C(=O)NCCC(=O)NCCCN1CCCCC1C. The van der Waals surface area contributed by atoms with Crippen LogP contribution in [0.4, 0.5) is 0 Å². The van der Waals surface area contributed by atoms with Gasteiger partial charge in [-0.1, -0.05) is 24.6 Å². The third-order valence-electron chi connectivity index (χ3n) is 4.91. The van der Waals surface area contributed by atoms with Gasteiger partial charge in [-0.3, -0.25) is 9.59 Å². The lowest BCUT2D eigenvalue weighted by Gasteiger charge is -2.33. The Morgan fingerprint density at radius 2 is 1.96 bits per heavy atom. The van der Waals surface area contributed by atoms with E-state index in [0.29, 0.717) is 31.1 Å². The third kappa shape index (κ3) is 6.50. The Kier molecular flexibility index (Phi) is 7.92. The summed E-state index contributed by atoms with van der Waals surface area (Å²) in [7, 11) is 0. The smallest absolute Gasteiger partial charge is 0.251 e. The molecule has 1 heterocycles. The number of aryl methyl sites for hydroxylation is 1. The lowest BCUT2D eigenvalue weighted by atomic mass is 10.0. The summed E-state index contributed by atoms with van der Waals surface area (Å²) in [6.07, 6.45) is 5.20. The van der Waals surface area contributed by atoms with Gasteiger partial charge in [0.15, 0.2) is 0 Å². The number of rotatable bonds is 8. The summed E-state index contributed by atoms with van der Waals surface area (Å²) in [4.78, 5) is 26.4. The van der Waals surface area contributed by atoms with Crippen molar-refractivity contribution in [3.63, 3.8) is 0 Å². The van der Waals surface area contributed by atoms with Crippen LogP contribution in [0, 0.1) is 6.92 Å². The topological polar surface area (TPSA) is 61.4 Å². The van der Waals surface area contributed by atoms with Crippen molar-refractivity contribution in [3.05, 3.63) is 35.4 Å². The minimum absolute atomic E-state index is 0.00298. The van der Waals surface area contributed by atoms with Crippen LogP contribution in [0.25, 0.3) is 0 Å². The van der Waals surface area contributed by atoms with Gasteiger partial charge in [0, 0.05) is 37.7 Å². The van der Waals surface area contributed by atoms with E-state index in [4.69, 9.17) is 0 Å². The number of hydrogen-bond acceptors (Lipinski definition) is 3. The molecular formula is C20H31N3O2. The van der Waals surface area contributed by atoms with Gasteiger partial charge in [0.2, 0.25) is 5.91 Å². The molecule has 2 rings (SSSR count). The highest BCUT2D eigenvalue weighted by Crippen LogP contribution is 2.16.